The Balaban J connectivity index is 0.00000420. The van der Waals surface area contributed by atoms with Crippen LogP contribution in [0.25, 0.3) is 0 Å². The number of hydrogen-bond acceptors (Lipinski definition) is 3. The number of carbonyl (C=O) groups excluding carboxylic acids is 1. The van der Waals surface area contributed by atoms with Gasteiger partial charge in [-0.1, -0.05) is 26.0 Å². The number of ether oxygens (including phenoxy) is 1. The molecule has 1 heterocycles. The second kappa shape index (κ2) is 13.8. The molecule has 6 nitrogen and oxygen atoms in total. The lowest BCUT2D eigenvalue weighted by atomic mass is 10.0. The zero-order valence-electron chi connectivity index (χ0n) is 18.2. The van der Waals surface area contributed by atoms with E-state index in [2.05, 4.69) is 48.5 Å². The summed E-state index contributed by atoms with van der Waals surface area (Å²) in [5.74, 6) is 1.54. The Bertz CT molecular complexity index is 634. The average Bonchev–Trinajstić information content (AvgIpc) is 3.11. The smallest absolute Gasteiger partial charge is 0.227 e. The molecule has 2 rings (SSSR count). The van der Waals surface area contributed by atoms with Gasteiger partial charge in [0.15, 0.2) is 5.96 Å². The summed E-state index contributed by atoms with van der Waals surface area (Å²) in [7, 11) is 0. The molecule has 1 amide bonds. The van der Waals surface area contributed by atoms with E-state index in [0.29, 0.717) is 18.9 Å². The maximum atomic E-state index is 11.9. The van der Waals surface area contributed by atoms with Gasteiger partial charge in [-0.25, -0.2) is 4.99 Å². The molecule has 1 atom stereocenters. The van der Waals surface area contributed by atoms with E-state index in [1.165, 1.54) is 0 Å². The van der Waals surface area contributed by atoms with E-state index in [9.17, 15) is 4.79 Å². The molecule has 1 aromatic rings. The van der Waals surface area contributed by atoms with Crippen LogP contribution in [0.1, 0.15) is 52.5 Å². The minimum atomic E-state index is 0. The predicted molar refractivity (Wildman–Crippen MR) is 131 cm³/mol. The molecule has 0 aliphatic carbocycles. The standard InChI is InChI=1S/C22H36N4O2.HI/c1-5-23-22(24-14-13-20(17(3)4)28-6-2)25-16-18-9-11-19(12-10-18)26-15-7-8-21(26)27;/h9-12,17,20H,5-8,13-16H2,1-4H3,(H2,23,24,25);1H. The van der Waals surface area contributed by atoms with Crippen LogP contribution in [0.4, 0.5) is 5.69 Å². The highest BCUT2D eigenvalue weighted by molar-refractivity contribution is 14.0. The quantitative estimate of drug-likeness (QED) is 0.281. The van der Waals surface area contributed by atoms with E-state index in [0.717, 1.165) is 56.3 Å². The summed E-state index contributed by atoms with van der Waals surface area (Å²) in [5, 5.41) is 6.70. The molecule has 0 spiro atoms. The van der Waals surface area contributed by atoms with Crippen LogP contribution in [0.15, 0.2) is 29.3 Å². The van der Waals surface area contributed by atoms with Crippen molar-refractivity contribution in [2.45, 2.75) is 59.6 Å². The zero-order valence-corrected chi connectivity index (χ0v) is 20.6. The Labute approximate surface area is 192 Å². The van der Waals surface area contributed by atoms with Crippen LogP contribution in [0, 0.1) is 5.92 Å². The summed E-state index contributed by atoms with van der Waals surface area (Å²) in [6.45, 7) is 12.3. The molecule has 1 aliphatic heterocycles. The minimum absolute atomic E-state index is 0. The van der Waals surface area contributed by atoms with Crippen molar-refractivity contribution in [1.29, 1.82) is 0 Å². The third-order valence-corrected chi connectivity index (χ3v) is 4.93. The van der Waals surface area contributed by atoms with Gasteiger partial charge in [-0.15, -0.1) is 24.0 Å². The molecule has 1 fully saturated rings. The molecule has 0 bridgehead atoms. The van der Waals surface area contributed by atoms with Crippen LogP contribution in [-0.2, 0) is 16.1 Å². The number of guanidine groups is 1. The first-order valence-corrected chi connectivity index (χ1v) is 10.6. The molecular weight excluding hydrogens is 479 g/mol. The fourth-order valence-electron chi connectivity index (χ4n) is 3.37. The lowest BCUT2D eigenvalue weighted by Crippen LogP contribution is -2.39. The van der Waals surface area contributed by atoms with Gasteiger partial charge in [0.2, 0.25) is 5.91 Å². The van der Waals surface area contributed by atoms with E-state index in [4.69, 9.17) is 4.74 Å². The molecule has 1 aliphatic rings. The third-order valence-electron chi connectivity index (χ3n) is 4.93. The molecule has 7 heteroatoms. The third kappa shape index (κ3) is 8.50. The highest BCUT2D eigenvalue weighted by Crippen LogP contribution is 2.21. The molecule has 2 N–H and O–H groups in total. The van der Waals surface area contributed by atoms with Gasteiger partial charge in [-0.2, -0.15) is 0 Å². The average molecular weight is 516 g/mol. The number of rotatable bonds is 10. The van der Waals surface area contributed by atoms with Crippen molar-refractivity contribution in [3.8, 4) is 0 Å². The van der Waals surface area contributed by atoms with E-state index in [1.807, 2.05) is 24.0 Å². The van der Waals surface area contributed by atoms with Gasteiger partial charge < -0.3 is 20.3 Å². The maximum Gasteiger partial charge on any atom is 0.227 e. The van der Waals surface area contributed by atoms with Crippen LogP contribution in [0.3, 0.4) is 0 Å². The van der Waals surface area contributed by atoms with Crippen LogP contribution in [-0.4, -0.2) is 44.2 Å². The number of hydrogen-bond donors (Lipinski definition) is 2. The summed E-state index contributed by atoms with van der Waals surface area (Å²) >= 11 is 0. The maximum absolute atomic E-state index is 11.9. The number of aliphatic imine (C=N–C) groups is 1. The summed E-state index contributed by atoms with van der Waals surface area (Å²) in [6.07, 6.45) is 2.82. The predicted octanol–water partition coefficient (Wildman–Crippen LogP) is 3.94. The fourth-order valence-corrected chi connectivity index (χ4v) is 3.37. The normalized spacial score (nSPS) is 15.4. The van der Waals surface area contributed by atoms with Crippen LogP contribution >= 0.6 is 24.0 Å². The van der Waals surface area contributed by atoms with Crippen molar-refractivity contribution >= 4 is 41.5 Å². The summed E-state index contributed by atoms with van der Waals surface area (Å²) in [6, 6.07) is 8.14. The van der Waals surface area contributed by atoms with E-state index in [-0.39, 0.29) is 36.0 Å². The molecule has 164 valence electrons. The molecule has 0 aromatic heterocycles. The molecule has 0 saturated carbocycles. The van der Waals surface area contributed by atoms with Crippen molar-refractivity contribution in [3.05, 3.63) is 29.8 Å². The first-order valence-electron chi connectivity index (χ1n) is 10.6. The van der Waals surface area contributed by atoms with E-state index >= 15 is 0 Å². The Kier molecular flexibility index (Phi) is 12.2. The SMILES string of the molecule is CCNC(=NCc1ccc(N2CCCC2=O)cc1)NCCC(OCC)C(C)C.I. The number of nitrogens with one attached hydrogen (secondary N) is 2. The van der Waals surface area contributed by atoms with Gasteiger partial charge >= 0.3 is 0 Å². The topological polar surface area (TPSA) is 66.0 Å². The summed E-state index contributed by atoms with van der Waals surface area (Å²) < 4.78 is 5.81. The Morgan fingerprint density at radius 2 is 1.93 bits per heavy atom. The van der Waals surface area contributed by atoms with Crippen molar-refractivity contribution in [3.63, 3.8) is 0 Å². The number of anilines is 1. The van der Waals surface area contributed by atoms with Crippen molar-refractivity contribution in [1.82, 2.24) is 10.6 Å². The molecule has 1 unspecified atom stereocenters. The van der Waals surface area contributed by atoms with Crippen molar-refractivity contribution < 1.29 is 9.53 Å². The number of benzene rings is 1. The molecule has 1 aromatic carbocycles. The molecule has 1 saturated heterocycles. The van der Waals surface area contributed by atoms with Crippen LogP contribution < -0.4 is 15.5 Å². The number of amides is 1. The number of carbonyl (C=O) groups is 1. The van der Waals surface area contributed by atoms with E-state index < -0.39 is 0 Å². The molecule has 29 heavy (non-hydrogen) atoms. The molecule has 0 radical (unpaired) electrons. The lowest BCUT2D eigenvalue weighted by Gasteiger charge is -2.21. The Morgan fingerprint density at radius 1 is 1.21 bits per heavy atom. The van der Waals surface area contributed by atoms with Gasteiger partial charge in [-0.3, -0.25) is 4.79 Å². The first kappa shape index (κ1) is 25.7. The highest BCUT2D eigenvalue weighted by atomic mass is 127. The summed E-state index contributed by atoms with van der Waals surface area (Å²) in [5.41, 5.74) is 2.11. The van der Waals surface area contributed by atoms with Crippen LogP contribution in [0.2, 0.25) is 0 Å². The second-order valence-electron chi connectivity index (χ2n) is 7.46. The monoisotopic (exact) mass is 516 g/mol. The minimum Gasteiger partial charge on any atom is -0.378 e. The number of halogens is 1. The van der Waals surface area contributed by atoms with Gasteiger partial charge in [0.25, 0.3) is 0 Å². The number of nitrogens with zero attached hydrogens (tertiary/aromatic N) is 2. The molecular formula is C22H37IN4O2. The highest BCUT2D eigenvalue weighted by Gasteiger charge is 2.21. The van der Waals surface area contributed by atoms with Gasteiger partial charge in [0, 0.05) is 38.3 Å². The Morgan fingerprint density at radius 3 is 2.48 bits per heavy atom. The van der Waals surface area contributed by atoms with Gasteiger partial charge in [-0.05, 0) is 50.3 Å². The van der Waals surface area contributed by atoms with Crippen molar-refractivity contribution in [2.75, 3.05) is 31.1 Å². The van der Waals surface area contributed by atoms with Crippen molar-refractivity contribution in [2.24, 2.45) is 10.9 Å². The largest absolute Gasteiger partial charge is 0.378 e. The zero-order chi connectivity index (χ0) is 20.4. The Hall–Kier alpha value is -1.35. The van der Waals surface area contributed by atoms with E-state index in [1.54, 1.807) is 0 Å². The van der Waals surface area contributed by atoms with Gasteiger partial charge in [0.05, 0.1) is 12.6 Å². The van der Waals surface area contributed by atoms with Gasteiger partial charge in [0.1, 0.15) is 0 Å². The fraction of sp³-hybridized carbons (Fsp3) is 0.636. The summed E-state index contributed by atoms with van der Waals surface area (Å²) in [4.78, 5) is 18.4. The van der Waals surface area contributed by atoms with Crippen LogP contribution in [0.5, 0.6) is 0 Å². The lowest BCUT2D eigenvalue weighted by molar-refractivity contribution is -0.117. The second-order valence-corrected chi connectivity index (χ2v) is 7.46. The first-order chi connectivity index (χ1) is 13.5.